The fraction of sp³-hybridized carbons (Fsp3) is 0.250. The summed E-state index contributed by atoms with van der Waals surface area (Å²) in [5.74, 6) is 1.74. The second-order valence-corrected chi connectivity index (χ2v) is 6.03. The van der Waals surface area contributed by atoms with Gasteiger partial charge in [0, 0.05) is 18.3 Å². The molecule has 134 valence electrons. The SMILES string of the molecule is COc1ccc(C(=O)C2CN=C3C=CC=CN3C2)cc1.[O-][Cl+3]([O-])([O-])O. The van der Waals surface area contributed by atoms with Crippen LogP contribution in [0.1, 0.15) is 10.4 Å². The minimum Gasteiger partial charge on any atom is -0.497 e. The van der Waals surface area contributed by atoms with Crippen LogP contribution < -0.4 is 18.7 Å². The van der Waals surface area contributed by atoms with Crippen molar-refractivity contribution in [3.8, 4) is 5.75 Å². The van der Waals surface area contributed by atoms with E-state index in [-0.39, 0.29) is 11.7 Å². The molecule has 0 aliphatic carbocycles. The lowest BCUT2D eigenvalue weighted by atomic mass is 9.95. The summed E-state index contributed by atoms with van der Waals surface area (Å²) in [6.45, 7) is 1.24. The molecule has 9 heteroatoms. The molecule has 0 spiro atoms. The van der Waals surface area contributed by atoms with Crippen molar-refractivity contribution in [2.24, 2.45) is 10.9 Å². The molecule has 2 aliphatic rings. The second-order valence-electron chi connectivity index (χ2n) is 5.24. The molecule has 1 N–H and O–H groups in total. The van der Waals surface area contributed by atoms with Gasteiger partial charge in [0.2, 0.25) is 0 Å². The van der Waals surface area contributed by atoms with Crippen LogP contribution in [0.3, 0.4) is 0 Å². The molecule has 0 saturated carbocycles. The highest BCUT2D eigenvalue weighted by atomic mass is 35.7. The molecule has 1 unspecified atom stereocenters. The normalized spacial score (nSPS) is 18.7. The van der Waals surface area contributed by atoms with Gasteiger partial charge in [-0.15, -0.1) is 0 Å². The summed E-state index contributed by atoms with van der Waals surface area (Å²) in [6, 6.07) is 7.25. The van der Waals surface area contributed by atoms with E-state index >= 15 is 0 Å². The van der Waals surface area contributed by atoms with E-state index in [4.69, 9.17) is 23.4 Å². The van der Waals surface area contributed by atoms with Crippen molar-refractivity contribution in [3.05, 3.63) is 54.3 Å². The molecule has 0 aromatic heterocycles. The Labute approximate surface area is 146 Å². The molecular weight excluding hydrogens is 352 g/mol. The molecule has 25 heavy (non-hydrogen) atoms. The first-order chi connectivity index (χ1) is 11.8. The van der Waals surface area contributed by atoms with Crippen LogP contribution >= 0.6 is 0 Å². The van der Waals surface area contributed by atoms with Gasteiger partial charge in [0.1, 0.15) is 11.6 Å². The van der Waals surface area contributed by atoms with Crippen LogP contribution in [0.25, 0.3) is 0 Å². The Kier molecular flexibility index (Phi) is 6.29. The number of Topliss-reactive ketones (excluding diaryl/α,β-unsaturated/α-hetero) is 1. The van der Waals surface area contributed by atoms with E-state index < -0.39 is 10.2 Å². The number of methoxy groups -OCH3 is 1. The molecule has 8 nitrogen and oxygen atoms in total. The Morgan fingerprint density at radius 2 is 1.92 bits per heavy atom. The van der Waals surface area contributed by atoms with Gasteiger partial charge in [-0.2, -0.15) is 14.0 Å². The number of aliphatic imine (C=N–C) groups is 1. The van der Waals surface area contributed by atoms with E-state index in [0.717, 1.165) is 11.6 Å². The molecule has 0 amide bonds. The zero-order valence-corrected chi connectivity index (χ0v) is 14.1. The fourth-order valence-electron chi connectivity index (χ4n) is 2.42. The maximum absolute atomic E-state index is 12.5. The average molecular weight is 369 g/mol. The maximum Gasteiger partial charge on any atom is 0.169 e. The third-order valence-electron chi connectivity index (χ3n) is 3.55. The molecule has 0 fully saturated rings. The highest BCUT2D eigenvalue weighted by Gasteiger charge is 2.27. The first-order valence-electron chi connectivity index (χ1n) is 7.25. The van der Waals surface area contributed by atoms with Crippen molar-refractivity contribution in [2.75, 3.05) is 20.2 Å². The van der Waals surface area contributed by atoms with Gasteiger partial charge < -0.3 is 9.64 Å². The first-order valence-corrected chi connectivity index (χ1v) is 8.52. The number of ether oxygens (including phenoxy) is 1. The van der Waals surface area contributed by atoms with Crippen molar-refractivity contribution < 1.29 is 38.4 Å². The van der Waals surface area contributed by atoms with Crippen LogP contribution in [0.15, 0.2) is 53.7 Å². The van der Waals surface area contributed by atoms with E-state index in [2.05, 4.69) is 4.99 Å². The predicted molar refractivity (Wildman–Crippen MR) is 80.3 cm³/mol. The van der Waals surface area contributed by atoms with Gasteiger partial charge in [-0.1, -0.05) is 6.08 Å². The van der Waals surface area contributed by atoms with Gasteiger partial charge in [-0.25, -0.2) is 0 Å². The summed E-state index contributed by atoms with van der Waals surface area (Å²) in [6.07, 6.45) is 7.85. The summed E-state index contributed by atoms with van der Waals surface area (Å²) in [7, 11) is -3.08. The third-order valence-corrected chi connectivity index (χ3v) is 3.55. The number of ketones is 1. The number of hydrogen-bond donors (Lipinski definition) is 1. The predicted octanol–water partition coefficient (Wildman–Crippen LogP) is -1.83. The van der Waals surface area contributed by atoms with Gasteiger partial charge in [0.05, 0.1) is 34.5 Å². The van der Waals surface area contributed by atoms with E-state index in [1.807, 2.05) is 53.6 Å². The molecule has 1 aromatic carbocycles. The van der Waals surface area contributed by atoms with Gasteiger partial charge in [0.15, 0.2) is 5.78 Å². The van der Waals surface area contributed by atoms with Gasteiger partial charge in [-0.05, 0) is 36.4 Å². The number of fused-ring (bicyclic) bond motifs is 1. The van der Waals surface area contributed by atoms with E-state index in [1.54, 1.807) is 7.11 Å². The zero-order valence-electron chi connectivity index (χ0n) is 13.4. The van der Waals surface area contributed by atoms with E-state index in [9.17, 15) is 4.79 Å². The lowest BCUT2D eigenvalue weighted by molar-refractivity contribution is -1.92. The van der Waals surface area contributed by atoms with Crippen LogP contribution in [0, 0.1) is 16.2 Å². The smallest absolute Gasteiger partial charge is 0.169 e. The molecule has 1 aromatic rings. The lowest BCUT2D eigenvalue weighted by Crippen LogP contribution is -2.58. The number of rotatable bonds is 3. The van der Waals surface area contributed by atoms with Crippen molar-refractivity contribution in [1.29, 1.82) is 0 Å². The number of hydrogen-bond acceptors (Lipinski definition) is 8. The maximum atomic E-state index is 12.5. The molecule has 0 bridgehead atoms. The summed E-state index contributed by atoms with van der Waals surface area (Å²) < 4.78 is 37.8. The lowest BCUT2D eigenvalue weighted by Gasteiger charge is -2.30. The molecule has 0 radical (unpaired) electrons. The second kappa shape index (κ2) is 8.24. The molecule has 1 atom stereocenters. The number of amidine groups is 1. The van der Waals surface area contributed by atoms with Gasteiger partial charge >= 0.3 is 0 Å². The molecule has 0 saturated heterocycles. The number of halogens is 1. The highest BCUT2D eigenvalue weighted by molar-refractivity contribution is 6.01. The van der Waals surface area contributed by atoms with Gasteiger partial charge in [0.25, 0.3) is 0 Å². The van der Waals surface area contributed by atoms with Crippen LogP contribution in [-0.4, -0.2) is 41.4 Å². The summed E-state index contributed by atoms with van der Waals surface area (Å²) in [4.78, 5) is 19.0. The number of carbonyl (C=O) groups is 1. The Hall–Kier alpha value is -2.23. The molecule has 2 aliphatic heterocycles. The number of allylic oxidation sites excluding steroid dienone is 2. The molecular formula is C16H17ClN2O6. The first kappa shape index (κ1) is 19.1. The van der Waals surface area contributed by atoms with Crippen molar-refractivity contribution >= 4 is 11.6 Å². The Morgan fingerprint density at radius 1 is 1.28 bits per heavy atom. The minimum absolute atomic E-state index is 0.0942. The summed E-state index contributed by atoms with van der Waals surface area (Å²) in [5.41, 5.74) is 0.714. The quantitative estimate of drug-likeness (QED) is 0.620. The van der Waals surface area contributed by atoms with Crippen molar-refractivity contribution in [1.82, 2.24) is 4.90 Å². The third kappa shape index (κ3) is 5.96. The van der Waals surface area contributed by atoms with Crippen LogP contribution in [-0.2, 0) is 0 Å². The topological polar surface area (TPSA) is 131 Å². The monoisotopic (exact) mass is 368 g/mol. The highest BCUT2D eigenvalue weighted by Crippen LogP contribution is 2.20. The van der Waals surface area contributed by atoms with Crippen molar-refractivity contribution in [3.63, 3.8) is 0 Å². The van der Waals surface area contributed by atoms with E-state index in [0.29, 0.717) is 18.7 Å². The van der Waals surface area contributed by atoms with Crippen molar-refractivity contribution in [2.45, 2.75) is 0 Å². The average Bonchev–Trinajstić information content (AvgIpc) is 2.59. The van der Waals surface area contributed by atoms with Gasteiger partial charge in [-0.3, -0.25) is 9.79 Å². The zero-order chi connectivity index (χ0) is 18.4. The number of nitrogens with zero attached hydrogens (tertiary/aromatic N) is 2. The van der Waals surface area contributed by atoms with Crippen LogP contribution in [0.5, 0.6) is 5.75 Å². The molecule has 3 rings (SSSR count). The van der Waals surface area contributed by atoms with Crippen LogP contribution in [0.2, 0.25) is 0 Å². The van der Waals surface area contributed by atoms with E-state index in [1.165, 1.54) is 0 Å². The summed E-state index contributed by atoms with van der Waals surface area (Å²) in [5, 5.41) is 0. The number of benzene rings is 1. The Bertz CT molecular complexity index is 688. The minimum atomic E-state index is -4.69. The van der Waals surface area contributed by atoms with Crippen LogP contribution in [0.4, 0.5) is 0 Å². The number of carbonyl (C=O) groups excluding carboxylic acids is 1. The largest absolute Gasteiger partial charge is 0.497 e. The standard InChI is InChI=1S/C16H16N2O2.ClHO4/c1-20-14-7-5-12(6-8-14)16(19)13-10-17-15-4-2-3-9-18(15)11-13;2-1(3,4)5/h2-9,13H,10-11H2,1H3;(H,2,3,4,5). The Morgan fingerprint density at radius 3 is 2.52 bits per heavy atom. The molecule has 2 heterocycles. The summed E-state index contributed by atoms with van der Waals surface area (Å²) >= 11 is 0. The fourth-order valence-corrected chi connectivity index (χ4v) is 2.42. The Balaban J connectivity index is 0.000000399.